The third-order valence-electron chi connectivity index (χ3n) is 6.57. The van der Waals surface area contributed by atoms with E-state index in [4.69, 9.17) is 4.74 Å². The minimum Gasteiger partial charge on any atom is -0.490 e. The first-order valence-corrected chi connectivity index (χ1v) is 11.5. The predicted octanol–water partition coefficient (Wildman–Crippen LogP) is 3.91. The van der Waals surface area contributed by atoms with Gasteiger partial charge in [-0.15, -0.1) is 0 Å². The second-order valence-corrected chi connectivity index (χ2v) is 9.79. The van der Waals surface area contributed by atoms with E-state index in [9.17, 15) is 32.3 Å². The number of ether oxygens (including phenoxy) is 1. The first-order valence-electron chi connectivity index (χ1n) is 11.5. The van der Waals surface area contributed by atoms with E-state index in [1.807, 2.05) is 0 Å². The van der Waals surface area contributed by atoms with E-state index in [0.717, 1.165) is 18.2 Å². The number of alkyl halides is 3. The molecular weight excluding hydrogens is 508 g/mol. The summed E-state index contributed by atoms with van der Waals surface area (Å²) < 4.78 is 62.5. The van der Waals surface area contributed by atoms with Gasteiger partial charge in [-0.25, -0.2) is 14.2 Å². The molecule has 1 atom stereocenters. The van der Waals surface area contributed by atoms with Gasteiger partial charge in [0.05, 0.1) is 29.9 Å². The van der Waals surface area contributed by atoms with Crippen molar-refractivity contribution in [2.24, 2.45) is 0 Å². The van der Waals surface area contributed by atoms with Gasteiger partial charge in [0.2, 0.25) is 5.60 Å². The lowest BCUT2D eigenvalue weighted by Crippen LogP contribution is -2.51. The van der Waals surface area contributed by atoms with Crippen molar-refractivity contribution in [1.82, 2.24) is 20.3 Å². The molecule has 3 heterocycles. The molecule has 0 bridgehead atoms. The van der Waals surface area contributed by atoms with E-state index >= 15 is 0 Å². The van der Waals surface area contributed by atoms with Gasteiger partial charge in [-0.1, -0.05) is 13.8 Å². The molecule has 4 N–H and O–H groups in total. The molecule has 0 saturated carbocycles. The minimum absolute atomic E-state index is 0.0129. The number of hydrogen-bond acceptors (Lipinski definition) is 5. The van der Waals surface area contributed by atoms with Crippen molar-refractivity contribution >= 4 is 16.9 Å². The summed E-state index contributed by atoms with van der Waals surface area (Å²) in [5, 5.41) is 13.2. The van der Waals surface area contributed by atoms with Gasteiger partial charge in [0.1, 0.15) is 17.3 Å². The van der Waals surface area contributed by atoms with Crippen LogP contribution in [0.4, 0.5) is 17.6 Å². The molecule has 1 aliphatic heterocycles. The highest BCUT2D eigenvalue weighted by Crippen LogP contribution is 2.47. The molecule has 0 fully saturated rings. The van der Waals surface area contributed by atoms with Crippen LogP contribution in [-0.2, 0) is 11.0 Å². The van der Waals surface area contributed by atoms with E-state index in [1.54, 1.807) is 13.8 Å². The van der Waals surface area contributed by atoms with E-state index < -0.39 is 46.8 Å². The lowest BCUT2D eigenvalue weighted by molar-refractivity contribution is -0.265. The number of carbonyl (C=O) groups excluding carboxylic acids is 1. The van der Waals surface area contributed by atoms with Crippen molar-refractivity contribution in [3.8, 4) is 17.0 Å². The molecule has 1 amide bonds. The van der Waals surface area contributed by atoms with Gasteiger partial charge in [0.15, 0.2) is 0 Å². The van der Waals surface area contributed by atoms with Crippen LogP contribution in [0, 0.1) is 5.82 Å². The standard InChI is InChI=1S/C26H22F4N4O4/c1-24(2)12-38-21-16(24)10-19(34-20(21)13-3-6-15(27)7-4-13)25(37,26(28,29)30)11-31-22(35)14-5-8-17-18(9-14)33-23(36)32-17/h3-10,37H,11-12H2,1-2H3,(H,31,35)(H2,32,33,36)/t25-/m0/s1. The van der Waals surface area contributed by atoms with Crippen LogP contribution in [0.2, 0.25) is 0 Å². The molecule has 12 heteroatoms. The molecule has 0 spiro atoms. The highest BCUT2D eigenvalue weighted by atomic mass is 19.4. The third kappa shape index (κ3) is 4.30. The number of aromatic amines is 2. The number of rotatable bonds is 5. The largest absolute Gasteiger partial charge is 0.490 e. The van der Waals surface area contributed by atoms with E-state index in [0.29, 0.717) is 22.2 Å². The van der Waals surface area contributed by atoms with Gasteiger partial charge in [-0.05, 0) is 48.5 Å². The summed E-state index contributed by atoms with van der Waals surface area (Å²) in [5.41, 5.74) is -4.15. The maximum atomic E-state index is 14.4. The van der Waals surface area contributed by atoms with Crippen LogP contribution in [0.1, 0.15) is 35.5 Å². The average molecular weight is 530 g/mol. The van der Waals surface area contributed by atoms with Crippen molar-refractivity contribution < 1.29 is 32.2 Å². The molecule has 1 aliphatic rings. The number of halogens is 4. The lowest BCUT2D eigenvalue weighted by Gasteiger charge is -2.31. The van der Waals surface area contributed by atoms with Crippen LogP contribution in [0.3, 0.4) is 0 Å². The summed E-state index contributed by atoms with van der Waals surface area (Å²) in [7, 11) is 0. The number of aliphatic hydroxyl groups is 1. The Morgan fingerprint density at radius 2 is 1.79 bits per heavy atom. The van der Waals surface area contributed by atoms with Crippen molar-refractivity contribution in [3.63, 3.8) is 0 Å². The Bertz CT molecular complexity index is 1610. The smallest absolute Gasteiger partial charge is 0.424 e. The maximum Gasteiger partial charge on any atom is 0.424 e. The van der Waals surface area contributed by atoms with Crippen LogP contribution in [0.25, 0.3) is 22.3 Å². The van der Waals surface area contributed by atoms with Crippen LogP contribution in [0.15, 0.2) is 53.3 Å². The molecule has 4 aromatic rings. The van der Waals surface area contributed by atoms with Crippen LogP contribution in [-0.4, -0.2) is 45.3 Å². The highest BCUT2D eigenvalue weighted by molar-refractivity contribution is 5.97. The molecule has 198 valence electrons. The minimum atomic E-state index is -5.24. The van der Waals surface area contributed by atoms with Gasteiger partial charge < -0.3 is 25.1 Å². The van der Waals surface area contributed by atoms with Crippen molar-refractivity contribution in [1.29, 1.82) is 0 Å². The molecule has 0 saturated heterocycles. The fourth-order valence-corrected chi connectivity index (χ4v) is 4.35. The van der Waals surface area contributed by atoms with Gasteiger partial charge in [-0.3, -0.25) is 4.79 Å². The first-order chi connectivity index (χ1) is 17.8. The molecule has 2 aromatic heterocycles. The number of nitrogens with one attached hydrogen (secondary N) is 3. The monoisotopic (exact) mass is 530 g/mol. The molecule has 5 rings (SSSR count). The van der Waals surface area contributed by atoms with Crippen molar-refractivity contribution in [3.05, 3.63) is 81.7 Å². The second-order valence-electron chi connectivity index (χ2n) is 9.79. The maximum absolute atomic E-state index is 14.4. The fourth-order valence-electron chi connectivity index (χ4n) is 4.35. The van der Waals surface area contributed by atoms with Gasteiger partial charge >= 0.3 is 11.9 Å². The zero-order valence-corrected chi connectivity index (χ0v) is 20.2. The highest BCUT2D eigenvalue weighted by Gasteiger charge is 2.57. The molecule has 38 heavy (non-hydrogen) atoms. The first kappa shape index (κ1) is 25.5. The average Bonchev–Trinajstić information content (AvgIpc) is 3.38. The predicted molar refractivity (Wildman–Crippen MR) is 129 cm³/mol. The second kappa shape index (κ2) is 8.69. The zero-order valence-electron chi connectivity index (χ0n) is 20.2. The number of pyridine rings is 1. The number of imidazole rings is 1. The summed E-state index contributed by atoms with van der Waals surface area (Å²) in [6.45, 7) is 2.46. The van der Waals surface area contributed by atoms with E-state index in [2.05, 4.69) is 20.3 Å². The number of fused-ring (bicyclic) bond motifs is 2. The Labute approximate surface area is 212 Å². The summed E-state index contributed by atoms with van der Waals surface area (Å²) in [5.74, 6) is -1.20. The van der Waals surface area contributed by atoms with Gasteiger partial charge in [0.25, 0.3) is 5.91 Å². The number of H-pyrrole nitrogens is 2. The Balaban J connectivity index is 1.55. The molecule has 2 aromatic carbocycles. The van der Waals surface area contributed by atoms with Crippen LogP contribution >= 0.6 is 0 Å². The lowest BCUT2D eigenvalue weighted by atomic mass is 9.84. The molecular formula is C26H22F4N4O4. The van der Waals surface area contributed by atoms with Gasteiger partial charge in [-0.2, -0.15) is 13.2 Å². The summed E-state index contributed by atoms with van der Waals surface area (Å²) in [4.78, 5) is 33.3. The summed E-state index contributed by atoms with van der Waals surface area (Å²) >= 11 is 0. The number of amides is 1. The molecule has 0 radical (unpaired) electrons. The molecule has 0 aliphatic carbocycles. The summed E-state index contributed by atoms with van der Waals surface area (Å²) in [6.07, 6.45) is -5.24. The van der Waals surface area contributed by atoms with E-state index in [-0.39, 0.29) is 23.6 Å². The normalized spacial score (nSPS) is 16.1. The molecule has 8 nitrogen and oxygen atoms in total. The van der Waals surface area contributed by atoms with Crippen molar-refractivity contribution in [2.75, 3.05) is 13.2 Å². The Morgan fingerprint density at radius 3 is 2.47 bits per heavy atom. The van der Waals surface area contributed by atoms with Crippen molar-refractivity contribution in [2.45, 2.75) is 31.0 Å². The number of hydrogen-bond donors (Lipinski definition) is 4. The fraction of sp³-hybridized carbons (Fsp3) is 0.269. The third-order valence-corrected chi connectivity index (χ3v) is 6.57. The topological polar surface area (TPSA) is 120 Å². The number of nitrogens with zero attached hydrogens (tertiary/aromatic N) is 1. The van der Waals surface area contributed by atoms with Crippen LogP contribution in [0.5, 0.6) is 5.75 Å². The quantitative estimate of drug-likeness (QED) is 0.292. The van der Waals surface area contributed by atoms with Crippen LogP contribution < -0.4 is 15.7 Å². The Morgan fingerprint density at radius 1 is 1.11 bits per heavy atom. The SMILES string of the molecule is CC1(C)COc2c1cc([C@@](O)(CNC(=O)c1ccc3[nH]c(=O)[nH]c3c1)C(F)(F)F)nc2-c1ccc(F)cc1. The number of aromatic nitrogens is 3. The van der Waals surface area contributed by atoms with Gasteiger partial charge in [0, 0.05) is 22.1 Å². The number of carbonyl (C=O) groups is 1. The summed E-state index contributed by atoms with van der Waals surface area (Å²) in [6, 6.07) is 10.2. The zero-order chi connectivity index (χ0) is 27.5. The Kier molecular flexibility index (Phi) is 5.82. The number of benzene rings is 2. The van der Waals surface area contributed by atoms with E-state index in [1.165, 1.54) is 30.3 Å². The Hall–Kier alpha value is -4.19. The molecule has 0 unspecified atom stereocenters.